The van der Waals surface area contributed by atoms with Crippen LogP contribution in [0.15, 0.2) is 18.2 Å². The molecule has 0 aliphatic rings. The highest BCUT2D eigenvalue weighted by atomic mass is 19.1. The van der Waals surface area contributed by atoms with Crippen molar-refractivity contribution in [3.05, 3.63) is 35.1 Å². The molecule has 0 saturated heterocycles. The number of benzene rings is 1. The predicted molar refractivity (Wildman–Crippen MR) is 62.9 cm³/mol. The average Bonchev–Trinajstić information content (AvgIpc) is 2.25. The van der Waals surface area contributed by atoms with E-state index in [1.165, 1.54) is 12.1 Å². The summed E-state index contributed by atoms with van der Waals surface area (Å²) in [6.07, 6.45) is 1.26. The van der Waals surface area contributed by atoms with Gasteiger partial charge in [0.05, 0.1) is 0 Å². The van der Waals surface area contributed by atoms with Crippen LogP contribution in [0.2, 0.25) is 0 Å². The molecule has 0 aliphatic heterocycles. The van der Waals surface area contributed by atoms with E-state index in [1.54, 1.807) is 13.0 Å². The van der Waals surface area contributed by atoms with E-state index in [2.05, 4.69) is 0 Å². The molecular weight excluding hydrogens is 205 g/mol. The molecule has 0 radical (unpaired) electrons. The first-order chi connectivity index (χ1) is 7.54. The Bertz CT molecular complexity index is 376. The van der Waals surface area contributed by atoms with Crippen LogP contribution in [-0.4, -0.2) is 12.3 Å². The van der Waals surface area contributed by atoms with Gasteiger partial charge >= 0.3 is 0 Å². The molecule has 2 nitrogen and oxygen atoms in total. The molecule has 16 heavy (non-hydrogen) atoms. The van der Waals surface area contributed by atoms with Crippen LogP contribution in [0.1, 0.15) is 35.7 Å². The molecule has 1 unspecified atom stereocenters. The number of hydrogen-bond acceptors (Lipinski definition) is 2. The lowest BCUT2D eigenvalue weighted by molar-refractivity contribution is 0.0974. The Labute approximate surface area is 95.7 Å². The topological polar surface area (TPSA) is 43.1 Å². The van der Waals surface area contributed by atoms with Crippen LogP contribution < -0.4 is 5.73 Å². The van der Waals surface area contributed by atoms with Gasteiger partial charge in [-0.05, 0) is 49.6 Å². The Balaban J connectivity index is 2.66. The SMILES string of the molecule is Cc1cc(F)ccc1C(=O)CCC(C)CN. The summed E-state index contributed by atoms with van der Waals surface area (Å²) in [6, 6.07) is 4.27. The third kappa shape index (κ3) is 3.42. The fourth-order valence-corrected chi connectivity index (χ4v) is 1.57. The van der Waals surface area contributed by atoms with Crippen molar-refractivity contribution < 1.29 is 9.18 Å². The zero-order valence-corrected chi connectivity index (χ0v) is 9.79. The van der Waals surface area contributed by atoms with Crippen LogP contribution in [0.25, 0.3) is 0 Å². The molecule has 2 N–H and O–H groups in total. The van der Waals surface area contributed by atoms with Gasteiger partial charge in [0.15, 0.2) is 5.78 Å². The van der Waals surface area contributed by atoms with Crippen molar-refractivity contribution in [3.8, 4) is 0 Å². The zero-order valence-electron chi connectivity index (χ0n) is 9.79. The first-order valence-corrected chi connectivity index (χ1v) is 5.54. The zero-order chi connectivity index (χ0) is 12.1. The maximum atomic E-state index is 12.9. The number of hydrogen-bond donors (Lipinski definition) is 1. The molecule has 0 bridgehead atoms. The van der Waals surface area contributed by atoms with Gasteiger partial charge in [-0.1, -0.05) is 6.92 Å². The van der Waals surface area contributed by atoms with Gasteiger partial charge in [-0.15, -0.1) is 0 Å². The van der Waals surface area contributed by atoms with Crippen LogP contribution in [-0.2, 0) is 0 Å². The Morgan fingerprint density at radius 2 is 2.19 bits per heavy atom. The minimum atomic E-state index is -0.302. The van der Waals surface area contributed by atoms with Crippen LogP contribution >= 0.6 is 0 Å². The number of ketones is 1. The van der Waals surface area contributed by atoms with E-state index in [0.717, 1.165) is 6.42 Å². The first kappa shape index (κ1) is 12.8. The molecular formula is C13H18FNO. The van der Waals surface area contributed by atoms with Gasteiger partial charge < -0.3 is 5.73 Å². The number of rotatable bonds is 5. The highest BCUT2D eigenvalue weighted by Crippen LogP contribution is 2.15. The smallest absolute Gasteiger partial charge is 0.163 e. The maximum Gasteiger partial charge on any atom is 0.163 e. The summed E-state index contributed by atoms with van der Waals surface area (Å²) in [6.45, 7) is 4.36. The molecule has 0 spiro atoms. The van der Waals surface area contributed by atoms with Gasteiger partial charge in [-0.25, -0.2) is 4.39 Å². The van der Waals surface area contributed by atoms with E-state index in [1.807, 2.05) is 6.92 Å². The monoisotopic (exact) mass is 223 g/mol. The molecule has 1 aromatic carbocycles. The highest BCUT2D eigenvalue weighted by Gasteiger charge is 2.11. The fourth-order valence-electron chi connectivity index (χ4n) is 1.57. The van der Waals surface area contributed by atoms with E-state index >= 15 is 0 Å². The Hall–Kier alpha value is -1.22. The minimum absolute atomic E-state index is 0.0674. The van der Waals surface area contributed by atoms with Crippen molar-refractivity contribution in [2.24, 2.45) is 11.7 Å². The summed E-state index contributed by atoms with van der Waals surface area (Å²) in [7, 11) is 0. The number of nitrogens with two attached hydrogens (primary N) is 1. The van der Waals surface area contributed by atoms with Crippen molar-refractivity contribution in [1.29, 1.82) is 0 Å². The van der Waals surface area contributed by atoms with Crippen molar-refractivity contribution in [2.75, 3.05) is 6.54 Å². The largest absolute Gasteiger partial charge is 0.330 e. The summed E-state index contributed by atoms with van der Waals surface area (Å²) >= 11 is 0. The van der Waals surface area contributed by atoms with E-state index in [4.69, 9.17) is 5.73 Å². The molecule has 0 heterocycles. The number of carbonyl (C=O) groups is 1. The van der Waals surface area contributed by atoms with Crippen LogP contribution in [0.3, 0.4) is 0 Å². The standard InChI is InChI=1S/C13H18FNO/c1-9(8-15)3-6-13(16)12-5-4-11(14)7-10(12)2/h4-5,7,9H,3,6,8,15H2,1-2H3. The molecule has 1 atom stereocenters. The highest BCUT2D eigenvalue weighted by molar-refractivity contribution is 5.97. The molecule has 0 fully saturated rings. The second kappa shape index (κ2) is 5.75. The Morgan fingerprint density at radius 1 is 1.50 bits per heavy atom. The van der Waals surface area contributed by atoms with E-state index in [9.17, 15) is 9.18 Å². The van der Waals surface area contributed by atoms with Crippen molar-refractivity contribution in [1.82, 2.24) is 0 Å². The van der Waals surface area contributed by atoms with Crippen LogP contribution in [0, 0.1) is 18.7 Å². The van der Waals surface area contributed by atoms with Gasteiger partial charge in [0, 0.05) is 12.0 Å². The second-order valence-electron chi connectivity index (χ2n) is 4.26. The van der Waals surface area contributed by atoms with Gasteiger partial charge in [-0.3, -0.25) is 4.79 Å². The van der Waals surface area contributed by atoms with E-state index in [-0.39, 0.29) is 11.6 Å². The summed E-state index contributed by atoms with van der Waals surface area (Å²) in [5, 5.41) is 0. The lowest BCUT2D eigenvalue weighted by atomic mass is 9.97. The lowest BCUT2D eigenvalue weighted by Crippen LogP contribution is -2.12. The first-order valence-electron chi connectivity index (χ1n) is 5.54. The summed E-state index contributed by atoms with van der Waals surface area (Å²) in [5.41, 5.74) is 6.80. The lowest BCUT2D eigenvalue weighted by Gasteiger charge is -2.08. The van der Waals surface area contributed by atoms with Gasteiger partial charge in [0.25, 0.3) is 0 Å². The van der Waals surface area contributed by atoms with Crippen LogP contribution in [0.5, 0.6) is 0 Å². The van der Waals surface area contributed by atoms with Gasteiger partial charge in [0.1, 0.15) is 5.82 Å². The molecule has 88 valence electrons. The van der Waals surface area contributed by atoms with Gasteiger partial charge in [-0.2, -0.15) is 0 Å². The average molecular weight is 223 g/mol. The molecule has 1 rings (SSSR count). The van der Waals surface area contributed by atoms with E-state index in [0.29, 0.717) is 30.0 Å². The van der Waals surface area contributed by atoms with Crippen molar-refractivity contribution in [2.45, 2.75) is 26.7 Å². The summed E-state index contributed by atoms with van der Waals surface area (Å²) < 4.78 is 12.9. The second-order valence-corrected chi connectivity index (χ2v) is 4.26. The molecule has 0 aliphatic carbocycles. The fraction of sp³-hybridized carbons (Fsp3) is 0.462. The predicted octanol–water partition coefficient (Wildman–Crippen LogP) is 2.69. The van der Waals surface area contributed by atoms with Crippen LogP contribution in [0.4, 0.5) is 4.39 Å². The molecule has 1 aromatic rings. The third-order valence-electron chi connectivity index (χ3n) is 2.76. The molecule has 0 aromatic heterocycles. The molecule has 0 amide bonds. The number of Topliss-reactive ketones (excluding diaryl/α,β-unsaturated/α-hetero) is 1. The quantitative estimate of drug-likeness (QED) is 0.780. The third-order valence-corrected chi connectivity index (χ3v) is 2.76. The number of carbonyl (C=O) groups excluding carboxylic acids is 1. The number of aryl methyl sites for hydroxylation is 1. The summed E-state index contributed by atoms with van der Waals surface area (Å²) in [4.78, 5) is 11.8. The summed E-state index contributed by atoms with van der Waals surface area (Å²) in [5.74, 6) is 0.117. The Morgan fingerprint density at radius 3 is 2.75 bits per heavy atom. The molecule has 3 heteroatoms. The van der Waals surface area contributed by atoms with Crippen molar-refractivity contribution in [3.63, 3.8) is 0 Å². The molecule has 0 saturated carbocycles. The Kier molecular flexibility index (Phi) is 4.62. The number of halogens is 1. The van der Waals surface area contributed by atoms with Gasteiger partial charge in [0.2, 0.25) is 0 Å². The van der Waals surface area contributed by atoms with Crippen molar-refractivity contribution >= 4 is 5.78 Å². The van der Waals surface area contributed by atoms with E-state index < -0.39 is 0 Å². The normalized spacial score (nSPS) is 12.5. The maximum absolute atomic E-state index is 12.9. The minimum Gasteiger partial charge on any atom is -0.330 e.